The van der Waals surface area contributed by atoms with Crippen LogP contribution in [0.25, 0.3) is 10.6 Å². The molecule has 0 unspecified atom stereocenters. The molecule has 130 valence electrons. The van der Waals surface area contributed by atoms with Crippen molar-refractivity contribution in [2.24, 2.45) is 10.7 Å². The van der Waals surface area contributed by atoms with Crippen molar-refractivity contribution in [3.8, 4) is 16.3 Å². The van der Waals surface area contributed by atoms with E-state index in [2.05, 4.69) is 32.8 Å². The Balaban J connectivity index is 1.56. The molecule has 2 aromatic heterocycles. The predicted molar refractivity (Wildman–Crippen MR) is 107 cm³/mol. The third kappa shape index (κ3) is 4.58. The number of ether oxygens (including phenoxy) is 1. The minimum atomic E-state index is 0.386. The maximum absolute atomic E-state index is 5.97. The molecule has 1 aromatic carbocycles. The van der Waals surface area contributed by atoms with E-state index in [0.29, 0.717) is 12.5 Å². The van der Waals surface area contributed by atoms with E-state index in [1.54, 1.807) is 29.8 Å². The first-order chi connectivity index (χ1) is 12.2. The highest BCUT2D eigenvalue weighted by Gasteiger charge is 2.06. The molecular formula is C18H20N4OS2. The van der Waals surface area contributed by atoms with Gasteiger partial charge in [-0.1, -0.05) is 12.1 Å². The number of para-hydroxylation sites is 2. The molecule has 0 aliphatic rings. The lowest BCUT2D eigenvalue weighted by molar-refractivity contribution is 0.417. The van der Waals surface area contributed by atoms with E-state index in [-0.39, 0.29) is 0 Å². The molecule has 0 fully saturated rings. The molecule has 3 aromatic rings. The van der Waals surface area contributed by atoms with Crippen LogP contribution >= 0.6 is 22.7 Å². The lowest BCUT2D eigenvalue weighted by atomic mass is 10.3. The van der Waals surface area contributed by atoms with E-state index >= 15 is 0 Å². The molecule has 5 nitrogen and oxygen atoms in total. The number of aromatic nitrogens is 1. The summed E-state index contributed by atoms with van der Waals surface area (Å²) in [6.07, 6.45) is 0.849. The number of hydrogen-bond donors (Lipinski definition) is 2. The van der Waals surface area contributed by atoms with Crippen LogP contribution in [-0.2, 0) is 6.42 Å². The van der Waals surface area contributed by atoms with Gasteiger partial charge in [0.25, 0.3) is 0 Å². The third-order valence-electron chi connectivity index (χ3n) is 3.54. The summed E-state index contributed by atoms with van der Waals surface area (Å²) in [7, 11) is 1.63. The number of methoxy groups -OCH3 is 1. The predicted octanol–water partition coefficient (Wildman–Crippen LogP) is 4.16. The van der Waals surface area contributed by atoms with Gasteiger partial charge >= 0.3 is 0 Å². The number of benzene rings is 1. The van der Waals surface area contributed by atoms with Gasteiger partial charge in [-0.3, -0.25) is 4.99 Å². The SMILES string of the molecule is COc1ccccc1NC(N)=NCCc1ccc(-c2csc(C)n2)s1. The molecule has 0 radical (unpaired) electrons. The van der Waals surface area contributed by atoms with Gasteiger partial charge in [0.05, 0.1) is 28.4 Å². The number of thiazole rings is 1. The zero-order chi connectivity index (χ0) is 17.6. The summed E-state index contributed by atoms with van der Waals surface area (Å²) in [4.78, 5) is 11.4. The number of nitrogens with zero attached hydrogens (tertiary/aromatic N) is 2. The Bertz CT molecular complexity index is 869. The molecule has 7 heteroatoms. The fraction of sp³-hybridized carbons (Fsp3) is 0.222. The number of nitrogens with two attached hydrogens (primary N) is 1. The summed E-state index contributed by atoms with van der Waals surface area (Å²) in [5.41, 5.74) is 7.83. The Morgan fingerprint density at radius 1 is 1.28 bits per heavy atom. The van der Waals surface area contributed by atoms with Crippen LogP contribution in [0.2, 0.25) is 0 Å². The third-order valence-corrected chi connectivity index (χ3v) is 5.48. The topological polar surface area (TPSA) is 72.5 Å². The van der Waals surface area contributed by atoms with Crippen LogP contribution < -0.4 is 15.8 Å². The van der Waals surface area contributed by atoms with Gasteiger partial charge in [0.1, 0.15) is 5.75 Å². The number of aryl methyl sites for hydroxylation is 1. The zero-order valence-electron chi connectivity index (χ0n) is 14.2. The molecular weight excluding hydrogens is 352 g/mol. The molecule has 0 aliphatic heterocycles. The zero-order valence-corrected chi connectivity index (χ0v) is 15.8. The van der Waals surface area contributed by atoms with E-state index in [1.165, 1.54) is 9.75 Å². The maximum Gasteiger partial charge on any atom is 0.193 e. The summed E-state index contributed by atoms with van der Waals surface area (Å²) in [6, 6.07) is 11.9. The van der Waals surface area contributed by atoms with Crippen molar-refractivity contribution >= 4 is 34.3 Å². The van der Waals surface area contributed by atoms with Crippen molar-refractivity contribution < 1.29 is 4.74 Å². The van der Waals surface area contributed by atoms with Gasteiger partial charge in [-0.15, -0.1) is 22.7 Å². The van der Waals surface area contributed by atoms with Crippen LogP contribution in [0, 0.1) is 6.92 Å². The first kappa shape index (κ1) is 17.4. The average molecular weight is 373 g/mol. The van der Waals surface area contributed by atoms with E-state index in [1.807, 2.05) is 31.2 Å². The highest BCUT2D eigenvalue weighted by atomic mass is 32.1. The monoisotopic (exact) mass is 372 g/mol. The molecule has 0 amide bonds. The Morgan fingerprint density at radius 2 is 2.12 bits per heavy atom. The number of nitrogens with one attached hydrogen (secondary N) is 1. The van der Waals surface area contributed by atoms with Crippen LogP contribution in [0.5, 0.6) is 5.75 Å². The second kappa shape index (κ2) is 8.13. The normalized spacial score (nSPS) is 11.5. The average Bonchev–Trinajstić information content (AvgIpc) is 3.24. The van der Waals surface area contributed by atoms with Crippen LogP contribution in [0.3, 0.4) is 0 Å². The van der Waals surface area contributed by atoms with E-state index in [4.69, 9.17) is 10.5 Å². The Morgan fingerprint density at radius 3 is 2.88 bits per heavy atom. The first-order valence-electron chi connectivity index (χ1n) is 7.87. The van der Waals surface area contributed by atoms with Crippen molar-refractivity contribution in [2.75, 3.05) is 19.0 Å². The summed E-state index contributed by atoms with van der Waals surface area (Å²) in [5.74, 6) is 1.12. The van der Waals surface area contributed by atoms with Gasteiger partial charge in [0, 0.05) is 23.2 Å². The second-order valence-corrected chi connectivity index (χ2v) is 7.59. The second-order valence-electron chi connectivity index (χ2n) is 5.36. The van der Waals surface area contributed by atoms with E-state index in [0.717, 1.165) is 28.6 Å². The molecule has 0 saturated carbocycles. The smallest absolute Gasteiger partial charge is 0.193 e. The standard InChI is InChI=1S/C18H20N4OS2/c1-12-21-15(11-24-12)17-8-7-13(25-17)9-10-20-18(19)22-14-5-3-4-6-16(14)23-2/h3-8,11H,9-10H2,1-2H3,(H3,19,20,22). The maximum atomic E-state index is 5.97. The summed E-state index contributed by atoms with van der Waals surface area (Å²) in [6.45, 7) is 2.65. The number of thiophene rings is 1. The van der Waals surface area contributed by atoms with Crippen LogP contribution in [0.15, 0.2) is 46.8 Å². The summed E-state index contributed by atoms with van der Waals surface area (Å²) >= 11 is 3.43. The van der Waals surface area contributed by atoms with Gasteiger partial charge < -0.3 is 15.8 Å². The molecule has 0 bridgehead atoms. The molecule has 2 heterocycles. The van der Waals surface area contributed by atoms with Gasteiger partial charge in [-0.2, -0.15) is 0 Å². The lowest BCUT2D eigenvalue weighted by Gasteiger charge is -2.09. The number of anilines is 1. The van der Waals surface area contributed by atoms with Crippen molar-refractivity contribution in [2.45, 2.75) is 13.3 Å². The Kier molecular flexibility index (Phi) is 5.67. The van der Waals surface area contributed by atoms with Crippen LogP contribution in [0.4, 0.5) is 5.69 Å². The summed E-state index contributed by atoms with van der Waals surface area (Å²) < 4.78 is 5.29. The summed E-state index contributed by atoms with van der Waals surface area (Å²) in [5, 5.41) is 6.26. The van der Waals surface area contributed by atoms with Crippen molar-refractivity contribution in [3.05, 3.63) is 51.7 Å². The van der Waals surface area contributed by atoms with Crippen molar-refractivity contribution in [3.63, 3.8) is 0 Å². The number of hydrogen-bond acceptors (Lipinski definition) is 5. The largest absolute Gasteiger partial charge is 0.495 e. The molecule has 3 N–H and O–H groups in total. The number of aliphatic imine (C=N–C) groups is 1. The van der Waals surface area contributed by atoms with E-state index < -0.39 is 0 Å². The molecule has 25 heavy (non-hydrogen) atoms. The van der Waals surface area contributed by atoms with Gasteiger partial charge in [0.15, 0.2) is 5.96 Å². The first-order valence-corrected chi connectivity index (χ1v) is 9.56. The fourth-order valence-corrected chi connectivity index (χ4v) is 3.98. The highest BCUT2D eigenvalue weighted by Crippen LogP contribution is 2.29. The number of rotatable bonds is 6. The molecule has 0 atom stereocenters. The molecule has 0 spiro atoms. The number of guanidine groups is 1. The molecule has 3 rings (SSSR count). The van der Waals surface area contributed by atoms with Gasteiger partial charge in [-0.05, 0) is 31.2 Å². The van der Waals surface area contributed by atoms with Crippen molar-refractivity contribution in [1.82, 2.24) is 4.98 Å². The Hall–Kier alpha value is -2.38. The van der Waals surface area contributed by atoms with E-state index in [9.17, 15) is 0 Å². The highest BCUT2D eigenvalue weighted by molar-refractivity contribution is 7.16. The fourth-order valence-electron chi connectivity index (χ4n) is 2.34. The minimum Gasteiger partial charge on any atom is -0.495 e. The Labute approximate surface area is 155 Å². The quantitative estimate of drug-likeness (QED) is 0.503. The van der Waals surface area contributed by atoms with Crippen LogP contribution in [0.1, 0.15) is 9.88 Å². The van der Waals surface area contributed by atoms with Gasteiger partial charge in [-0.25, -0.2) is 4.98 Å². The minimum absolute atomic E-state index is 0.386. The van der Waals surface area contributed by atoms with Crippen LogP contribution in [-0.4, -0.2) is 24.6 Å². The van der Waals surface area contributed by atoms with Crippen molar-refractivity contribution in [1.29, 1.82) is 0 Å². The van der Waals surface area contributed by atoms with Gasteiger partial charge in [0.2, 0.25) is 0 Å². The molecule has 0 saturated heterocycles. The molecule has 0 aliphatic carbocycles. The lowest BCUT2D eigenvalue weighted by Crippen LogP contribution is -2.23.